The molecule has 23 heavy (non-hydrogen) atoms. The number of benzene rings is 1. The lowest BCUT2D eigenvalue weighted by Crippen LogP contribution is -2.38. The Hall–Kier alpha value is -1.89. The minimum absolute atomic E-state index is 0.0473. The Morgan fingerprint density at radius 2 is 2.00 bits per heavy atom. The Balaban J connectivity index is 1.82. The number of nitrogens with one attached hydrogen (secondary N) is 1. The molecule has 0 aromatic heterocycles. The second-order valence-corrected chi connectivity index (χ2v) is 7.88. The molecular weight excluding hydrogens is 318 g/mol. The van der Waals surface area contributed by atoms with Gasteiger partial charge in [-0.15, -0.1) is 0 Å². The molecule has 1 aromatic rings. The largest absolute Gasteiger partial charge is 0.455 e. The van der Waals surface area contributed by atoms with Crippen LogP contribution in [0.1, 0.15) is 31.2 Å². The first-order chi connectivity index (χ1) is 10.9. The lowest BCUT2D eigenvalue weighted by molar-refractivity contribution is -0.150. The van der Waals surface area contributed by atoms with Crippen LogP contribution in [0.15, 0.2) is 30.3 Å². The first-order valence-corrected chi connectivity index (χ1v) is 9.45. The summed E-state index contributed by atoms with van der Waals surface area (Å²) in [5.41, 5.74) is 0.849. The Bertz CT molecular complexity index is 656. The summed E-state index contributed by atoms with van der Waals surface area (Å²) in [6, 6.07) is 8.86. The summed E-state index contributed by atoms with van der Waals surface area (Å²) in [7, 11) is -3.05. The number of amides is 1. The Labute approximate surface area is 136 Å². The third-order valence-corrected chi connectivity index (χ3v) is 5.61. The summed E-state index contributed by atoms with van der Waals surface area (Å²) in [5.74, 6) is -1.29. The number of rotatable bonds is 6. The van der Waals surface area contributed by atoms with Gasteiger partial charge in [-0.3, -0.25) is 9.59 Å². The van der Waals surface area contributed by atoms with E-state index in [0.717, 1.165) is 5.56 Å². The molecule has 0 radical (unpaired) electrons. The molecule has 1 fully saturated rings. The lowest BCUT2D eigenvalue weighted by atomic mass is 9.97. The summed E-state index contributed by atoms with van der Waals surface area (Å²) < 4.78 is 27.7. The van der Waals surface area contributed by atoms with Crippen LogP contribution in [-0.4, -0.2) is 44.4 Å². The van der Waals surface area contributed by atoms with Crippen molar-refractivity contribution >= 4 is 21.7 Å². The zero-order valence-corrected chi connectivity index (χ0v) is 13.8. The molecule has 2 atom stereocenters. The van der Waals surface area contributed by atoms with E-state index in [2.05, 4.69) is 5.32 Å². The van der Waals surface area contributed by atoms with E-state index in [9.17, 15) is 18.0 Å². The summed E-state index contributed by atoms with van der Waals surface area (Å²) in [5, 5.41) is 2.59. The van der Waals surface area contributed by atoms with E-state index in [0.29, 0.717) is 12.8 Å². The topological polar surface area (TPSA) is 89.5 Å². The van der Waals surface area contributed by atoms with Gasteiger partial charge < -0.3 is 10.1 Å². The van der Waals surface area contributed by atoms with Crippen LogP contribution in [0.25, 0.3) is 0 Å². The SMILES string of the molecule is CC[C@H](C(=O)OCC(=O)N[C@H]1CCS(=O)(=O)C1)c1ccccc1. The monoisotopic (exact) mass is 339 g/mol. The number of carbonyl (C=O) groups excluding carboxylic acids is 2. The molecule has 6 nitrogen and oxygen atoms in total. The van der Waals surface area contributed by atoms with Crippen molar-refractivity contribution in [3.63, 3.8) is 0 Å². The molecule has 1 aliphatic heterocycles. The third kappa shape index (κ3) is 5.06. The molecule has 1 N–H and O–H groups in total. The highest BCUT2D eigenvalue weighted by Crippen LogP contribution is 2.20. The minimum Gasteiger partial charge on any atom is -0.455 e. The average molecular weight is 339 g/mol. The summed E-state index contributed by atoms with van der Waals surface area (Å²) in [4.78, 5) is 23.9. The summed E-state index contributed by atoms with van der Waals surface area (Å²) in [6.07, 6.45) is 0.981. The van der Waals surface area contributed by atoms with Gasteiger partial charge in [-0.2, -0.15) is 0 Å². The normalized spacial score (nSPS) is 20.7. The van der Waals surface area contributed by atoms with Crippen molar-refractivity contribution in [2.45, 2.75) is 31.7 Å². The number of ether oxygens (including phenoxy) is 1. The third-order valence-electron chi connectivity index (χ3n) is 3.84. The van der Waals surface area contributed by atoms with Crippen LogP contribution in [0.4, 0.5) is 0 Å². The number of hydrogen-bond acceptors (Lipinski definition) is 5. The average Bonchev–Trinajstić information content (AvgIpc) is 2.86. The van der Waals surface area contributed by atoms with Crippen LogP contribution < -0.4 is 5.32 Å². The molecule has 1 aromatic carbocycles. The van der Waals surface area contributed by atoms with Crippen LogP contribution in [0.2, 0.25) is 0 Å². The second-order valence-electron chi connectivity index (χ2n) is 5.65. The van der Waals surface area contributed by atoms with Crippen molar-refractivity contribution in [2.75, 3.05) is 18.1 Å². The quantitative estimate of drug-likeness (QED) is 0.782. The van der Waals surface area contributed by atoms with Gasteiger partial charge >= 0.3 is 5.97 Å². The van der Waals surface area contributed by atoms with Gasteiger partial charge in [0.25, 0.3) is 5.91 Å². The molecule has 2 rings (SSSR count). The van der Waals surface area contributed by atoms with Crippen molar-refractivity contribution in [3.05, 3.63) is 35.9 Å². The maximum Gasteiger partial charge on any atom is 0.313 e. The van der Waals surface area contributed by atoms with Crippen molar-refractivity contribution in [2.24, 2.45) is 0 Å². The number of sulfone groups is 1. The molecule has 1 heterocycles. The molecular formula is C16H21NO5S. The fourth-order valence-electron chi connectivity index (χ4n) is 2.64. The Kier molecular flexibility index (Phi) is 5.76. The first kappa shape index (κ1) is 17.5. The van der Waals surface area contributed by atoms with Gasteiger partial charge in [0.1, 0.15) is 0 Å². The predicted molar refractivity (Wildman–Crippen MR) is 85.6 cm³/mol. The molecule has 0 unspecified atom stereocenters. The highest BCUT2D eigenvalue weighted by atomic mass is 32.2. The van der Waals surface area contributed by atoms with Gasteiger partial charge in [0.15, 0.2) is 16.4 Å². The summed E-state index contributed by atoms with van der Waals surface area (Å²) in [6.45, 7) is 1.49. The van der Waals surface area contributed by atoms with E-state index in [-0.39, 0.29) is 17.5 Å². The highest BCUT2D eigenvalue weighted by Gasteiger charge is 2.29. The highest BCUT2D eigenvalue weighted by molar-refractivity contribution is 7.91. The molecule has 1 aliphatic rings. The first-order valence-electron chi connectivity index (χ1n) is 7.62. The summed E-state index contributed by atoms with van der Waals surface area (Å²) >= 11 is 0. The predicted octanol–water partition coefficient (Wildman–Crippen LogP) is 1.03. The lowest BCUT2D eigenvalue weighted by Gasteiger charge is -2.15. The van der Waals surface area contributed by atoms with Crippen molar-refractivity contribution in [1.82, 2.24) is 5.32 Å². The zero-order chi connectivity index (χ0) is 16.9. The molecule has 0 saturated carbocycles. The van der Waals surface area contributed by atoms with E-state index in [4.69, 9.17) is 4.74 Å². The number of esters is 1. The minimum atomic E-state index is -3.05. The van der Waals surface area contributed by atoms with Crippen LogP contribution in [-0.2, 0) is 24.2 Å². The van der Waals surface area contributed by atoms with Gasteiger partial charge in [0, 0.05) is 6.04 Å². The van der Waals surface area contributed by atoms with E-state index < -0.39 is 34.2 Å². The fourth-order valence-corrected chi connectivity index (χ4v) is 4.31. The van der Waals surface area contributed by atoms with Crippen molar-refractivity contribution in [1.29, 1.82) is 0 Å². The van der Waals surface area contributed by atoms with Gasteiger partial charge in [-0.25, -0.2) is 8.42 Å². The Morgan fingerprint density at radius 1 is 1.30 bits per heavy atom. The second kappa shape index (κ2) is 7.59. The number of hydrogen-bond donors (Lipinski definition) is 1. The van der Waals surface area contributed by atoms with Gasteiger partial charge in [0.05, 0.1) is 17.4 Å². The molecule has 1 saturated heterocycles. The van der Waals surface area contributed by atoms with Crippen molar-refractivity contribution in [3.8, 4) is 0 Å². The van der Waals surface area contributed by atoms with E-state index in [1.165, 1.54) is 0 Å². The fraction of sp³-hybridized carbons (Fsp3) is 0.500. The molecule has 0 bridgehead atoms. The number of carbonyl (C=O) groups is 2. The molecule has 7 heteroatoms. The van der Waals surface area contributed by atoms with Gasteiger partial charge in [-0.1, -0.05) is 37.3 Å². The smallest absolute Gasteiger partial charge is 0.313 e. The van der Waals surface area contributed by atoms with Crippen LogP contribution >= 0.6 is 0 Å². The van der Waals surface area contributed by atoms with Crippen LogP contribution in [0, 0.1) is 0 Å². The maximum atomic E-state index is 12.1. The van der Waals surface area contributed by atoms with Gasteiger partial charge in [-0.05, 0) is 18.4 Å². The molecule has 1 amide bonds. The van der Waals surface area contributed by atoms with Crippen molar-refractivity contribution < 1.29 is 22.7 Å². The Morgan fingerprint density at radius 3 is 2.57 bits per heavy atom. The standard InChI is InChI=1S/C16H21NO5S/c1-2-14(12-6-4-3-5-7-12)16(19)22-10-15(18)17-13-8-9-23(20,21)11-13/h3-7,13-14H,2,8-11H2,1H3,(H,17,18)/t13-,14-/m0/s1. The maximum absolute atomic E-state index is 12.1. The molecule has 0 aliphatic carbocycles. The van der Waals surface area contributed by atoms with E-state index in [1.54, 1.807) is 0 Å². The van der Waals surface area contributed by atoms with Crippen LogP contribution in [0.5, 0.6) is 0 Å². The molecule has 126 valence electrons. The molecule has 0 spiro atoms. The zero-order valence-electron chi connectivity index (χ0n) is 13.0. The van der Waals surface area contributed by atoms with E-state index >= 15 is 0 Å². The van der Waals surface area contributed by atoms with E-state index in [1.807, 2.05) is 37.3 Å². The van der Waals surface area contributed by atoms with Crippen LogP contribution in [0.3, 0.4) is 0 Å². The van der Waals surface area contributed by atoms with Gasteiger partial charge in [0.2, 0.25) is 0 Å².